The van der Waals surface area contributed by atoms with E-state index in [9.17, 15) is 0 Å². The molecule has 1 heterocycles. The van der Waals surface area contributed by atoms with E-state index in [1.165, 1.54) is 22.6 Å². The van der Waals surface area contributed by atoms with Gasteiger partial charge in [0.25, 0.3) is 0 Å². The van der Waals surface area contributed by atoms with E-state index in [1.807, 2.05) is 18.4 Å². The third-order valence-electron chi connectivity index (χ3n) is 4.22. The highest BCUT2D eigenvalue weighted by Gasteiger charge is 2.32. The smallest absolute Gasteiger partial charge is 0.191 e. The molecule has 0 radical (unpaired) electrons. The van der Waals surface area contributed by atoms with Gasteiger partial charge in [-0.2, -0.15) is 0 Å². The van der Waals surface area contributed by atoms with E-state index >= 15 is 0 Å². The van der Waals surface area contributed by atoms with E-state index < -0.39 is 0 Å². The molecule has 1 aromatic heterocycles. The maximum Gasteiger partial charge on any atom is 0.191 e. The molecule has 6 heteroatoms. The van der Waals surface area contributed by atoms with Crippen molar-refractivity contribution in [1.82, 2.24) is 15.5 Å². The lowest BCUT2D eigenvalue weighted by Gasteiger charge is -2.26. The van der Waals surface area contributed by atoms with Gasteiger partial charge in [0.2, 0.25) is 0 Å². The van der Waals surface area contributed by atoms with E-state index in [4.69, 9.17) is 0 Å². The van der Waals surface area contributed by atoms with Crippen LogP contribution in [0.5, 0.6) is 0 Å². The van der Waals surface area contributed by atoms with Crippen LogP contribution in [0.1, 0.15) is 29.5 Å². The highest BCUT2D eigenvalue weighted by molar-refractivity contribution is 14.0. The van der Waals surface area contributed by atoms with Crippen molar-refractivity contribution >= 4 is 41.3 Å². The summed E-state index contributed by atoms with van der Waals surface area (Å²) in [6, 6.07) is 5.40. The second-order valence-electron chi connectivity index (χ2n) is 6.58. The molecule has 0 aromatic carbocycles. The second kappa shape index (κ2) is 9.84. The van der Waals surface area contributed by atoms with E-state index in [0.29, 0.717) is 12.1 Å². The van der Waals surface area contributed by atoms with E-state index in [-0.39, 0.29) is 24.0 Å². The molecule has 1 aliphatic carbocycles. The van der Waals surface area contributed by atoms with Crippen LogP contribution in [0.3, 0.4) is 0 Å². The molecular weight excluding hydrogens is 419 g/mol. The average molecular weight is 450 g/mol. The Labute approximate surface area is 162 Å². The predicted octanol–water partition coefficient (Wildman–Crippen LogP) is 3.11. The van der Waals surface area contributed by atoms with Crippen molar-refractivity contribution in [1.29, 1.82) is 0 Å². The Kier molecular flexibility index (Phi) is 8.85. The van der Waals surface area contributed by atoms with Crippen molar-refractivity contribution in [3.8, 4) is 0 Å². The van der Waals surface area contributed by atoms with Gasteiger partial charge in [0.1, 0.15) is 0 Å². The molecule has 0 aliphatic heterocycles. The SMILES string of the molecule is CN=C(NCC(C1CC1)N(C)C)NC(C)Cc1ccc(C)s1.I. The summed E-state index contributed by atoms with van der Waals surface area (Å²) in [7, 11) is 6.18. The number of hydrogen-bond acceptors (Lipinski definition) is 3. The van der Waals surface area contributed by atoms with E-state index in [0.717, 1.165) is 24.8 Å². The van der Waals surface area contributed by atoms with Crippen molar-refractivity contribution in [3.63, 3.8) is 0 Å². The van der Waals surface area contributed by atoms with Crippen LogP contribution < -0.4 is 10.6 Å². The molecule has 2 rings (SSSR count). The van der Waals surface area contributed by atoms with Crippen LogP contribution in [0.4, 0.5) is 0 Å². The molecule has 2 N–H and O–H groups in total. The fourth-order valence-electron chi connectivity index (χ4n) is 2.83. The van der Waals surface area contributed by atoms with Gasteiger partial charge in [-0.3, -0.25) is 4.99 Å². The summed E-state index contributed by atoms with van der Waals surface area (Å²) < 4.78 is 0. The molecule has 0 saturated heterocycles. The molecule has 4 nitrogen and oxygen atoms in total. The summed E-state index contributed by atoms with van der Waals surface area (Å²) in [6.07, 6.45) is 3.77. The number of nitrogens with one attached hydrogen (secondary N) is 2. The minimum atomic E-state index is 0. The molecule has 2 unspecified atom stereocenters. The van der Waals surface area contributed by atoms with Gasteiger partial charge in [-0.25, -0.2) is 0 Å². The molecule has 0 amide bonds. The van der Waals surface area contributed by atoms with E-state index in [2.05, 4.69) is 60.6 Å². The van der Waals surface area contributed by atoms with Gasteiger partial charge >= 0.3 is 0 Å². The summed E-state index contributed by atoms with van der Waals surface area (Å²) in [5, 5.41) is 7.00. The molecule has 1 saturated carbocycles. The zero-order valence-corrected chi connectivity index (χ0v) is 18.1. The number of nitrogens with zero attached hydrogens (tertiary/aromatic N) is 2. The summed E-state index contributed by atoms with van der Waals surface area (Å²) in [4.78, 5) is 9.50. The first-order valence-corrected chi connectivity index (χ1v) is 9.00. The molecule has 23 heavy (non-hydrogen) atoms. The summed E-state index contributed by atoms with van der Waals surface area (Å²) in [5.41, 5.74) is 0. The predicted molar refractivity (Wildman–Crippen MR) is 112 cm³/mol. The molecule has 2 atom stereocenters. The Morgan fingerprint density at radius 3 is 2.57 bits per heavy atom. The minimum absolute atomic E-state index is 0. The Morgan fingerprint density at radius 2 is 2.09 bits per heavy atom. The fourth-order valence-corrected chi connectivity index (χ4v) is 3.85. The Morgan fingerprint density at radius 1 is 1.39 bits per heavy atom. The zero-order chi connectivity index (χ0) is 16.1. The third kappa shape index (κ3) is 6.97. The van der Waals surface area contributed by atoms with Crippen molar-refractivity contribution in [2.45, 2.75) is 45.2 Å². The first-order chi connectivity index (χ1) is 10.5. The topological polar surface area (TPSA) is 39.7 Å². The van der Waals surface area contributed by atoms with Gasteiger partial charge < -0.3 is 15.5 Å². The quantitative estimate of drug-likeness (QED) is 0.381. The van der Waals surface area contributed by atoms with Crippen LogP contribution in [0.25, 0.3) is 0 Å². The van der Waals surface area contributed by atoms with Gasteiger partial charge in [0.15, 0.2) is 5.96 Å². The maximum atomic E-state index is 4.37. The Hall–Kier alpha value is -0.340. The molecule has 1 aliphatic rings. The lowest BCUT2D eigenvalue weighted by atomic mass is 10.1. The largest absolute Gasteiger partial charge is 0.355 e. The van der Waals surface area contributed by atoms with Crippen LogP contribution in [0.2, 0.25) is 0 Å². The van der Waals surface area contributed by atoms with Crippen molar-refractivity contribution in [2.75, 3.05) is 27.7 Å². The van der Waals surface area contributed by atoms with Gasteiger partial charge in [-0.05, 0) is 58.8 Å². The average Bonchev–Trinajstić information content (AvgIpc) is 3.20. The van der Waals surface area contributed by atoms with Crippen LogP contribution in [0, 0.1) is 12.8 Å². The normalized spacial score (nSPS) is 17.6. The second-order valence-corrected chi connectivity index (χ2v) is 7.96. The lowest BCUT2D eigenvalue weighted by molar-refractivity contribution is 0.264. The minimum Gasteiger partial charge on any atom is -0.355 e. The molecule has 1 aromatic rings. The van der Waals surface area contributed by atoms with Gasteiger partial charge in [0.05, 0.1) is 0 Å². The Balaban J connectivity index is 0.00000264. The molecule has 0 bridgehead atoms. The maximum absolute atomic E-state index is 4.37. The highest BCUT2D eigenvalue weighted by atomic mass is 127. The Bertz CT molecular complexity index is 495. The summed E-state index contributed by atoms with van der Waals surface area (Å²) in [5.74, 6) is 1.76. The van der Waals surface area contributed by atoms with Crippen molar-refractivity contribution < 1.29 is 0 Å². The number of halogens is 1. The van der Waals surface area contributed by atoms with E-state index in [1.54, 1.807) is 0 Å². The molecule has 132 valence electrons. The van der Waals surface area contributed by atoms with Crippen LogP contribution >= 0.6 is 35.3 Å². The highest BCUT2D eigenvalue weighted by Crippen LogP contribution is 2.34. The molecule has 0 spiro atoms. The first kappa shape index (κ1) is 20.7. The number of thiophene rings is 1. The third-order valence-corrected chi connectivity index (χ3v) is 5.24. The number of hydrogen-bond donors (Lipinski definition) is 2. The molecule has 1 fully saturated rings. The monoisotopic (exact) mass is 450 g/mol. The van der Waals surface area contributed by atoms with Gasteiger partial charge in [-0.1, -0.05) is 0 Å². The van der Waals surface area contributed by atoms with Crippen molar-refractivity contribution in [3.05, 3.63) is 21.9 Å². The number of likely N-dealkylation sites (N-methyl/N-ethyl adjacent to an activating group) is 1. The number of aryl methyl sites for hydroxylation is 1. The number of guanidine groups is 1. The van der Waals surface area contributed by atoms with Gasteiger partial charge in [-0.15, -0.1) is 35.3 Å². The van der Waals surface area contributed by atoms with Crippen LogP contribution in [0.15, 0.2) is 17.1 Å². The number of rotatable bonds is 7. The zero-order valence-electron chi connectivity index (χ0n) is 14.9. The van der Waals surface area contributed by atoms with Gasteiger partial charge in [0, 0.05) is 41.9 Å². The standard InChI is InChI=1S/C17H30N4S.HI/c1-12(10-15-9-6-13(2)22-15)20-17(18-3)19-11-16(21(4)5)14-7-8-14;/h6,9,12,14,16H,7-8,10-11H2,1-5H3,(H2,18,19,20);1H. The van der Waals surface area contributed by atoms with Crippen LogP contribution in [-0.2, 0) is 6.42 Å². The van der Waals surface area contributed by atoms with Crippen molar-refractivity contribution in [2.24, 2.45) is 10.9 Å². The first-order valence-electron chi connectivity index (χ1n) is 8.18. The van der Waals surface area contributed by atoms with Crippen LogP contribution in [-0.4, -0.2) is 50.6 Å². The molecular formula is C17H31IN4S. The lowest BCUT2D eigenvalue weighted by Crippen LogP contribution is -2.48. The fraction of sp³-hybridized carbons (Fsp3) is 0.706. The summed E-state index contributed by atoms with van der Waals surface area (Å²) >= 11 is 1.88. The summed E-state index contributed by atoms with van der Waals surface area (Å²) in [6.45, 7) is 5.33. The number of aliphatic imine (C=N–C) groups is 1.